The molecule has 0 N–H and O–H groups in total. The largest absolute Gasteiger partial charge is 0.275 e. The second-order valence-electron chi connectivity index (χ2n) is 3.40. The number of nitrogens with zero attached hydrogens (tertiary/aromatic N) is 2. The van der Waals surface area contributed by atoms with E-state index < -0.39 is 0 Å². The average molecular weight is 204 g/mol. The third-order valence-electron chi connectivity index (χ3n) is 2.24. The maximum Gasteiger partial charge on any atom is 0.0568 e. The molecule has 2 nitrogen and oxygen atoms in total. The number of hydrogen-bond donors (Lipinski definition) is 1. The standard InChI is InChI=1S/C11H12N2S/c1-8-3-4-10(14)5-11(8)9-6-12-13(2)7-9/h3-7,14H,1-2H3. The first kappa shape index (κ1) is 9.34. The Kier molecular flexibility index (Phi) is 2.33. The van der Waals surface area contributed by atoms with E-state index >= 15 is 0 Å². The summed E-state index contributed by atoms with van der Waals surface area (Å²) >= 11 is 4.33. The van der Waals surface area contributed by atoms with E-state index in [1.165, 1.54) is 11.1 Å². The molecule has 0 aliphatic heterocycles. The summed E-state index contributed by atoms with van der Waals surface area (Å²) in [6, 6.07) is 6.14. The molecule has 72 valence electrons. The summed E-state index contributed by atoms with van der Waals surface area (Å²) in [4.78, 5) is 0.981. The Morgan fingerprint density at radius 2 is 2.14 bits per heavy atom. The van der Waals surface area contributed by atoms with Crippen LogP contribution in [0.5, 0.6) is 0 Å². The second-order valence-corrected chi connectivity index (χ2v) is 3.92. The van der Waals surface area contributed by atoms with Gasteiger partial charge in [-0.05, 0) is 30.2 Å². The van der Waals surface area contributed by atoms with Crippen molar-refractivity contribution >= 4 is 12.6 Å². The summed E-state index contributed by atoms with van der Waals surface area (Å²) in [5.41, 5.74) is 3.59. The predicted molar refractivity (Wildman–Crippen MR) is 60.6 cm³/mol. The molecule has 0 saturated carbocycles. The fraction of sp³-hybridized carbons (Fsp3) is 0.182. The normalized spacial score (nSPS) is 10.5. The first-order chi connectivity index (χ1) is 6.66. The van der Waals surface area contributed by atoms with Crippen molar-refractivity contribution < 1.29 is 0 Å². The Balaban J connectivity index is 2.55. The molecule has 1 heterocycles. The van der Waals surface area contributed by atoms with Gasteiger partial charge < -0.3 is 0 Å². The Morgan fingerprint density at radius 1 is 1.36 bits per heavy atom. The van der Waals surface area contributed by atoms with E-state index in [1.54, 1.807) is 4.68 Å². The molecule has 0 amide bonds. The highest BCUT2D eigenvalue weighted by molar-refractivity contribution is 7.80. The molecule has 0 unspecified atom stereocenters. The van der Waals surface area contributed by atoms with Crippen molar-refractivity contribution in [1.82, 2.24) is 9.78 Å². The van der Waals surface area contributed by atoms with Gasteiger partial charge in [0.15, 0.2) is 0 Å². The third-order valence-corrected chi connectivity index (χ3v) is 2.52. The van der Waals surface area contributed by atoms with Gasteiger partial charge in [0.25, 0.3) is 0 Å². The van der Waals surface area contributed by atoms with Crippen molar-refractivity contribution in [2.75, 3.05) is 0 Å². The highest BCUT2D eigenvalue weighted by Gasteiger charge is 2.03. The summed E-state index contributed by atoms with van der Waals surface area (Å²) in [5.74, 6) is 0. The maximum absolute atomic E-state index is 4.33. The molecule has 3 heteroatoms. The highest BCUT2D eigenvalue weighted by Crippen LogP contribution is 2.25. The van der Waals surface area contributed by atoms with Gasteiger partial charge in [0.2, 0.25) is 0 Å². The Morgan fingerprint density at radius 3 is 2.79 bits per heavy atom. The maximum atomic E-state index is 4.33. The van der Waals surface area contributed by atoms with Crippen LogP contribution < -0.4 is 0 Å². The summed E-state index contributed by atoms with van der Waals surface area (Å²) in [6.07, 6.45) is 3.88. The lowest BCUT2D eigenvalue weighted by molar-refractivity contribution is 0.768. The summed E-state index contributed by atoms with van der Waals surface area (Å²) in [6.45, 7) is 2.09. The van der Waals surface area contributed by atoms with E-state index in [0.29, 0.717) is 0 Å². The van der Waals surface area contributed by atoms with E-state index in [0.717, 1.165) is 10.5 Å². The van der Waals surface area contributed by atoms with Crippen LogP contribution in [0.4, 0.5) is 0 Å². The average Bonchev–Trinajstić information content (AvgIpc) is 2.56. The summed E-state index contributed by atoms with van der Waals surface area (Å²) < 4.78 is 1.81. The molecule has 0 atom stereocenters. The monoisotopic (exact) mass is 204 g/mol. The first-order valence-corrected chi connectivity index (χ1v) is 4.90. The minimum atomic E-state index is 0.981. The van der Waals surface area contributed by atoms with Crippen LogP contribution in [-0.4, -0.2) is 9.78 Å². The van der Waals surface area contributed by atoms with Crippen LogP contribution in [0.25, 0.3) is 11.1 Å². The van der Waals surface area contributed by atoms with Gasteiger partial charge in [-0.15, -0.1) is 12.6 Å². The number of aromatic nitrogens is 2. The highest BCUT2D eigenvalue weighted by atomic mass is 32.1. The molecule has 0 bridgehead atoms. The molecule has 2 rings (SSSR count). The number of rotatable bonds is 1. The summed E-state index contributed by atoms with van der Waals surface area (Å²) in [5, 5.41) is 4.16. The number of benzene rings is 1. The van der Waals surface area contributed by atoms with E-state index in [2.05, 4.69) is 36.8 Å². The molecular weight excluding hydrogens is 192 g/mol. The van der Waals surface area contributed by atoms with Crippen LogP contribution in [0, 0.1) is 6.92 Å². The van der Waals surface area contributed by atoms with Crippen LogP contribution in [0.2, 0.25) is 0 Å². The Labute approximate surface area is 89.0 Å². The minimum absolute atomic E-state index is 0.981. The molecule has 1 aromatic carbocycles. The van der Waals surface area contributed by atoms with Crippen molar-refractivity contribution in [3.63, 3.8) is 0 Å². The van der Waals surface area contributed by atoms with Crippen LogP contribution in [-0.2, 0) is 7.05 Å². The van der Waals surface area contributed by atoms with Gasteiger partial charge in [0.1, 0.15) is 0 Å². The number of aryl methyl sites for hydroxylation is 2. The zero-order chi connectivity index (χ0) is 10.1. The van der Waals surface area contributed by atoms with Crippen LogP contribution in [0.1, 0.15) is 5.56 Å². The second kappa shape index (κ2) is 3.50. The van der Waals surface area contributed by atoms with E-state index in [9.17, 15) is 0 Å². The van der Waals surface area contributed by atoms with Crippen LogP contribution >= 0.6 is 12.6 Å². The zero-order valence-corrected chi connectivity index (χ0v) is 9.12. The van der Waals surface area contributed by atoms with Gasteiger partial charge >= 0.3 is 0 Å². The first-order valence-electron chi connectivity index (χ1n) is 4.45. The van der Waals surface area contributed by atoms with Crippen LogP contribution in [0.15, 0.2) is 35.5 Å². The topological polar surface area (TPSA) is 17.8 Å². The van der Waals surface area contributed by atoms with Crippen molar-refractivity contribution in [3.8, 4) is 11.1 Å². The Bertz CT molecular complexity index is 460. The molecule has 1 aromatic heterocycles. The quantitative estimate of drug-likeness (QED) is 0.707. The predicted octanol–water partition coefficient (Wildman–Crippen LogP) is 2.68. The van der Waals surface area contributed by atoms with Crippen molar-refractivity contribution in [2.45, 2.75) is 11.8 Å². The lowest BCUT2D eigenvalue weighted by Crippen LogP contribution is -1.84. The van der Waals surface area contributed by atoms with E-state index in [4.69, 9.17) is 0 Å². The van der Waals surface area contributed by atoms with Crippen molar-refractivity contribution in [1.29, 1.82) is 0 Å². The zero-order valence-electron chi connectivity index (χ0n) is 8.23. The smallest absolute Gasteiger partial charge is 0.0568 e. The molecule has 0 aliphatic carbocycles. The van der Waals surface area contributed by atoms with E-state index in [1.807, 2.05) is 25.5 Å². The lowest BCUT2D eigenvalue weighted by Gasteiger charge is -2.03. The van der Waals surface area contributed by atoms with Gasteiger partial charge in [-0.1, -0.05) is 6.07 Å². The molecule has 0 saturated heterocycles. The molecule has 14 heavy (non-hydrogen) atoms. The van der Waals surface area contributed by atoms with Gasteiger partial charge in [0, 0.05) is 23.7 Å². The van der Waals surface area contributed by atoms with Gasteiger partial charge in [-0.3, -0.25) is 4.68 Å². The van der Waals surface area contributed by atoms with Gasteiger partial charge in [-0.25, -0.2) is 0 Å². The molecule has 2 aromatic rings. The van der Waals surface area contributed by atoms with E-state index in [-0.39, 0.29) is 0 Å². The third kappa shape index (κ3) is 1.68. The molecule has 0 fully saturated rings. The molecule has 0 radical (unpaired) electrons. The Hall–Kier alpha value is -1.22. The fourth-order valence-electron chi connectivity index (χ4n) is 1.48. The number of hydrogen-bond acceptors (Lipinski definition) is 2. The minimum Gasteiger partial charge on any atom is -0.275 e. The lowest BCUT2D eigenvalue weighted by atomic mass is 10.0. The fourth-order valence-corrected chi connectivity index (χ4v) is 1.68. The SMILES string of the molecule is Cc1ccc(S)cc1-c1cnn(C)c1. The van der Waals surface area contributed by atoms with Crippen LogP contribution in [0.3, 0.4) is 0 Å². The van der Waals surface area contributed by atoms with Crippen molar-refractivity contribution in [3.05, 3.63) is 36.2 Å². The number of thiol groups is 1. The summed E-state index contributed by atoms with van der Waals surface area (Å²) in [7, 11) is 1.92. The van der Waals surface area contributed by atoms with Gasteiger partial charge in [0.05, 0.1) is 6.20 Å². The van der Waals surface area contributed by atoms with Crippen molar-refractivity contribution in [2.24, 2.45) is 7.05 Å². The molecule has 0 spiro atoms. The van der Waals surface area contributed by atoms with Gasteiger partial charge in [-0.2, -0.15) is 5.10 Å². The molecule has 0 aliphatic rings. The molecular formula is C11H12N2S.